The van der Waals surface area contributed by atoms with Crippen molar-refractivity contribution in [3.63, 3.8) is 0 Å². The largest absolute Gasteiger partial charge is 0.377 e. The van der Waals surface area contributed by atoms with Gasteiger partial charge in [-0.1, -0.05) is 41.9 Å². The summed E-state index contributed by atoms with van der Waals surface area (Å²) in [4.78, 5) is 4.56. The van der Waals surface area contributed by atoms with Gasteiger partial charge in [0.25, 0.3) is 0 Å². The lowest BCUT2D eigenvalue weighted by molar-refractivity contribution is 0.486. The average molecular weight is 400 g/mol. The summed E-state index contributed by atoms with van der Waals surface area (Å²) in [6.45, 7) is 4.00. The standard InChI is InChI=1S/C21H18ClNO3S/c1-15-8-9-16(2)20(12-15)23-14-17-10-11-21(19(22)13-17)26-27(24,25)18-6-4-3-5-7-18/h3-14H,1-2H3. The molecule has 3 rings (SSSR count). The Kier molecular flexibility index (Phi) is 5.63. The van der Waals surface area contributed by atoms with Crippen LogP contribution < -0.4 is 4.18 Å². The van der Waals surface area contributed by atoms with E-state index in [9.17, 15) is 8.42 Å². The number of aliphatic imine (C=N–C) groups is 1. The number of nitrogens with zero attached hydrogens (tertiary/aromatic N) is 1. The molecule has 27 heavy (non-hydrogen) atoms. The highest BCUT2D eigenvalue weighted by atomic mass is 35.5. The average Bonchev–Trinajstić information content (AvgIpc) is 2.65. The van der Waals surface area contributed by atoms with Crippen LogP contribution in [0.2, 0.25) is 5.02 Å². The molecule has 0 saturated carbocycles. The van der Waals surface area contributed by atoms with E-state index in [0.29, 0.717) is 0 Å². The maximum atomic E-state index is 12.3. The van der Waals surface area contributed by atoms with Crippen molar-refractivity contribution in [2.24, 2.45) is 4.99 Å². The lowest BCUT2D eigenvalue weighted by atomic mass is 10.1. The normalized spacial score (nSPS) is 11.7. The van der Waals surface area contributed by atoms with Crippen molar-refractivity contribution in [3.05, 3.63) is 88.4 Å². The van der Waals surface area contributed by atoms with Gasteiger partial charge in [0.15, 0.2) is 5.75 Å². The molecule has 0 atom stereocenters. The van der Waals surface area contributed by atoms with Crippen LogP contribution in [0.15, 0.2) is 76.6 Å². The van der Waals surface area contributed by atoms with Gasteiger partial charge in [0.1, 0.15) is 4.90 Å². The van der Waals surface area contributed by atoms with Crippen molar-refractivity contribution in [3.8, 4) is 5.75 Å². The van der Waals surface area contributed by atoms with Crippen LogP contribution >= 0.6 is 11.6 Å². The first-order chi connectivity index (χ1) is 12.8. The molecule has 0 spiro atoms. The predicted octanol–water partition coefficient (Wildman–Crippen LogP) is 5.48. The van der Waals surface area contributed by atoms with E-state index in [2.05, 4.69) is 4.99 Å². The Morgan fingerprint density at radius 3 is 2.41 bits per heavy atom. The van der Waals surface area contributed by atoms with E-state index < -0.39 is 10.1 Å². The van der Waals surface area contributed by atoms with Crippen molar-refractivity contribution in [1.29, 1.82) is 0 Å². The predicted molar refractivity (Wildman–Crippen MR) is 109 cm³/mol. The SMILES string of the molecule is Cc1ccc(C)c(N=Cc2ccc(OS(=O)(=O)c3ccccc3)c(Cl)c2)c1. The van der Waals surface area contributed by atoms with Crippen molar-refractivity contribution in [2.75, 3.05) is 0 Å². The fourth-order valence-corrected chi connectivity index (χ4v) is 3.66. The zero-order valence-electron chi connectivity index (χ0n) is 14.9. The van der Waals surface area contributed by atoms with E-state index >= 15 is 0 Å². The molecule has 6 heteroatoms. The summed E-state index contributed by atoms with van der Waals surface area (Å²) in [6.07, 6.45) is 1.68. The molecule has 0 bridgehead atoms. The smallest absolute Gasteiger partial charge is 0.339 e. The van der Waals surface area contributed by atoms with Gasteiger partial charge in [-0.15, -0.1) is 0 Å². The zero-order valence-corrected chi connectivity index (χ0v) is 16.5. The molecule has 3 aromatic rings. The quantitative estimate of drug-likeness (QED) is 0.422. The van der Waals surface area contributed by atoms with E-state index in [4.69, 9.17) is 15.8 Å². The highest BCUT2D eigenvalue weighted by molar-refractivity contribution is 7.87. The third-order valence-electron chi connectivity index (χ3n) is 3.90. The zero-order chi connectivity index (χ0) is 19.4. The molecular formula is C21H18ClNO3S. The molecule has 0 aromatic heterocycles. The van der Waals surface area contributed by atoms with Crippen LogP contribution in [0.25, 0.3) is 0 Å². The monoisotopic (exact) mass is 399 g/mol. The highest BCUT2D eigenvalue weighted by Crippen LogP contribution is 2.28. The maximum Gasteiger partial charge on any atom is 0.339 e. The molecule has 0 heterocycles. The van der Waals surface area contributed by atoms with E-state index in [1.165, 1.54) is 18.2 Å². The van der Waals surface area contributed by atoms with Gasteiger partial charge in [0.05, 0.1) is 10.7 Å². The number of hydrogen-bond donors (Lipinski definition) is 0. The molecule has 0 saturated heterocycles. The third kappa shape index (κ3) is 4.76. The van der Waals surface area contributed by atoms with E-state index in [1.54, 1.807) is 36.5 Å². The topological polar surface area (TPSA) is 55.7 Å². The minimum atomic E-state index is -3.93. The summed E-state index contributed by atoms with van der Waals surface area (Å²) < 4.78 is 29.8. The summed E-state index contributed by atoms with van der Waals surface area (Å²) in [5, 5.41) is 0.194. The van der Waals surface area contributed by atoms with Gasteiger partial charge < -0.3 is 4.18 Å². The first kappa shape index (κ1) is 19.1. The molecule has 0 aliphatic heterocycles. The number of aryl methyl sites for hydroxylation is 2. The molecule has 0 amide bonds. The third-order valence-corrected chi connectivity index (χ3v) is 5.45. The Balaban J connectivity index is 1.82. The second-order valence-corrected chi connectivity index (χ2v) is 8.04. The van der Waals surface area contributed by atoms with Gasteiger partial charge >= 0.3 is 10.1 Å². The lowest BCUT2D eigenvalue weighted by Gasteiger charge is -2.09. The molecule has 3 aromatic carbocycles. The second-order valence-electron chi connectivity index (χ2n) is 6.09. The maximum absolute atomic E-state index is 12.3. The number of rotatable bonds is 5. The van der Waals surface area contributed by atoms with E-state index in [1.807, 2.05) is 32.0 Å². The molecule has 0 radical (unpaired) electrons. The summed E-state index contributed by atoms with van der Waals surface area (Å²) >= 11 is 6.21. The van der Waals surface area contributed by atoms with Crippen molar-refractivity contribution in [2.45, 2.75) is 18.7 Å². The highest BCUT2D eigenvalue weighted by Gasteiger charge is 2.17. The summed E-state index contributed by atoms with van der Waals surface area (Å²) in [6, 6.07) is 18.8. The minimum absolute atomic E-state index is 0.0710. The molecule has 0 aliphatic carbocycles. The summed E-state index contributed by atoms with van der Waals surface area (Å²) in [5.74, 6) is 0.0735. The molecule has 0 unspecified atom stereocenters. The fourth-order valence-electron chi connectivity index (χ4n) is 2.42. The van der Waals surface area contributed by atoms with Crippen LogP contribution in [0, 0.1) is 13.8 Å². The minimum Gasteiger partial charge on any atom is -0.377 e. The Labute approximate surface area is 164 Å². The molecule has 0 N–H and O–H groups in total. The Hall–Kier alpha value is -2.63. The van der Waals surface area contributed by atoms with E-state index in [-0.39, 0.29) is 15.7 Å². The van der Waals surface area contributed by atoms with Gasteiger partial charge in [0, 0.05) is 6.21 Å². The number of benzene rings is 3. The van der Waals surface area contributed by atoms with Crippen LogP contribution in [0.3, 0.4) is 0 Å². The summed E-state index contributed by atoms with van der Waals surface area (Å²) in [7, 11) is -3.93. The van der Waals surface area contributed by atoms with Gasteiger partial charge in [-0.3, -0.25) is 4.99 Å². The first-order valence-corrected chi connectivity index (χ1v) is 10.0. The van der Waals surface area contributed by atoms with Crippen molar-refractivity contribution in [1.82, 2.24) is 0 Å². The van der Waals surface area contributed by atoms with Crippen molar-refractivity contribution < 1.29 is 12.6 Å². The van der Waals surface area contributed by atoms with Gasteiger partial charge in [-0.25, -0.2) is 0 Å². The Morgan fingerprint density at radius 2 is 1.70 bits per heavy atom. The van der Waals surface area contributed by atoms with Crippen molar-refractivity contribution >= 4 is 33.6 Å². The Bertz CT molecular complexity index is 1090. The van der Waals surface area contributed by atoms with Gasteiger partial charge in [-0.2, -0.15) is 8.42 Å². The lowest BCUT2D eigenvalue weighted by Crippen LogP contribution is -2.09. The molecular weight excluding hydrogens is 382 g/mol. The van der Waals surface area contributed by atoms with Gasteiger partial charge in [0.2, 0.25) is 0 Å². The van der Waals surface area contributed by atoms with Crippen LogP contribution in [0.1, 0.15) is 16.7 Å². The van der Waals surface area contributed by atoms with Crippen LogP contribution in [-0.4, -0.2) is 14.6 Å². The Morgan fingerprint density at radius 1 is 0.963 bits per heavy atom. The fraction of sp³-hybridized carbons (Fsp3) is 0.0952. The van der Waals surface area contributed by atoms with Gasteiger partial charge in [-0.05, 0) is 66.9 Å². The first-order valence-electron chi connectivity index (χ1n) is 8.25. The summed E-state index contributed by atoms with van der Waals surface area (Å²) in [5.41, 5.74) is 3.81. The molecule has 138 valence electrons. The molecule has 4 nitrogen and oxygen atoms in total. The van der Waals surface area contributed by atoms with Crippen LogP contribution in [0.5, 0.6) is 5.75 Å². The number of halogens is 1. The molecule has 0 aliphatic rings. The van der Waals surface area contributed by atoms with Crippen LogP contribution in [0.4, 0.5) is 5.69 Å². The second kappa shape index (κ2) is 7.94. The van der Waals surface area contributed by atoms with Crippen LogP contribution in [-0.2, 0) is 10.1 Å². The molecule has 0 fully saturated rings. The number of hydrogen-bond acceptors (Lipinski definition) is 4. The van der Waals surface area contributed by atoms with E-state index in [0.717, 1.165) is 22.4 Å².